The molecule has 0 aliphatic heterocycles. The van der Waals surface area contributed by atoms with E-state index in [2.05, 4.69) is 16.0 Å². The number of pyridine rings is 1. The second-order valence-electron chi connectivity index (χ2n) is 5.69. The van der Waals surface area contributed by atoms with Gasteiger partial charge in [-0.3, -0.25) is 5.41 Å². The second kappa shape index (κ2) is 3.83. The van der Waals surface area contributed by atoms with Crippen LogP contribution in [0.25, 0.3) is 11.0 Å². The zero-order valence-electron chi connectivity index (χ0n) is 11.1. The molecule has 0 aromatic carbocycles. The Hall–Kier alpha value is -1.87. The quantitative estimate of drug-likeness (QED) is 0.675. The molecule has 2 heterocycles. The van der Waals surface area contributed by atoms with Crippen molar-refractivity contribution in [2.75, 3.05) is 6.26 Å². The van der Waals surface area contributed by atoms with E-state index in [-0.39, 0.29) is 5.54 Å². The van der Waals surface area contributed by atoms with Gasteiger partial charge in [0.1, 0.15) is 17.2 Å². The summed E-state index contributed by atoms with van der Waals surface area (Å²) in [6.45, 7) is 0. The topological polar surface area (TPSA) is 78.4 Å². The van der Waals surface area contributed by atoms with Gasteiger partial charge in [0.2, 0.25) is 0 Å². The summed E-state index contributed by atoms with van der Waals surface area (Å²) in [5, 5.41) is 19.1. The molecule has 0 spiro atoms. The van der Waals surface area contributed by atoms with E-state index in [1.807, 2.05) is 10.8 Å². The smallest absolute Gasteiger partial charge is 0.189 e. The van der Waals surface area contributed by atoms with E-state index in [1.54, 1.807) is 12.3 Å². The summed E-state index contributed by atoms with van der Waals surface area (Å²) < 4.78 is 1.99. The molecule has 20 heavy (non-hydrogen) atoms. The zero-order chi connectivity index (χ0) is 13.9. The largest absolute Gasteiger partial charge is 0.303 e. The number of thioether (sulfide) groups is 1. The van der Waals surface area contributed by atoms with Gasteiger partial charge in [-0.15, -0.1) is 0 Å². The molecule has 3 saturated carbocycles. The molecule has 0 amide bonds. The summed E-state index contributed by atoms with van der Waals surface area (Å²) in [7, 11) is 0. The predicted molar refractivity (Wildman–Crippen MR) is 75.2 cm³/mol. The average molecular weight is 283 g/mol. The fourth-order valence-electron chi connectivity index (χ4n) is 3.45. The number of nitrogens with zero attached hydrogens (tertiary/aromatic N) is 4. The number of aromatic nitrogens is 3. The minimum absolute atomic E-state index is 0.0386. The van der Waals surface area contributed by atoms with E-state index >= 15 is 0 Å². The van der Waals surface area contributed by atoms with Gasteiger partial charge < -0.3 is 4.57 Å². The van der Waals surface area contributed by atoms with Crippen LogP contribution in [0.15, 0.2) is 17.4 Å². The van der Waals surface area contributed by atoms with Crippen LogP contribution in [-0.2, 0) is 5.54 Å². The van der Waals surface area contributed by atoms with E-state index in [4.69, 9.17) is 5.41 Å². The molecular weight excluding hydrogens is 270 g/mol. The number of fused-ring (bicyclic) bond motifs is 1. The molecule has 3 aliphatic carbocycles. The van der Waals surface area contributed by atoms with E-state index in [1.165, 1.54) is 11.8 Å². The van der Waals surface area contributed by atoms with Gasteiger partial charge in [0, 0.05) is 17.1 Å². The van der Waals surface area contributed by atoms with Crippen LogP contribution in [0.2, 0.25) is 0 Å². The van der Waals surface area contributed by atoms with Crippen LogP contribution < -0.4 is 5.49 Å². The van der Waals surface area contributed by atoms with Crippen LogP contribution in [-0.4, -0.2) is 20.8 Å². The molecule has 2 aromatic heterocycles. The van der Waals surface area contributed by atoms with Crippen molar-refractivity contribution in [3.8, 4) is 6.07 Å². The third kappa shape index (κ3) is 1.36. The minimum atomic E-state index is 0.0386. The van der Waals surface area contributed by atoms with Crippen molar-refractivity contribution in [3.63, 3.8) is 0 Å². The van der Waals surface area contributed by atoms with Crippen LogP contribution in [0.3, 0.4) is 0 Å². The van der Waals surface area contributed by atoms with Gasteiger partial charge in [0.25, 0.3) is 0 Å². The minimum Gasteiger partial charge on any atom is -0.303 e. The van der Waals surface area contributed by atoms with Crippen molar-refractivity contribution >= 4 is 22.8 Å². The normalized spacial score (nSPS) is 26.7. The SMILES string of the molecule is CSc1ncc2cc(C#N)c(=N)n(C34CC(C3)C4)c2n1. The molecule has 5 rings (SSSR count). The number of nitrogens with one attached hydrogen (secondary N) is 1. The maximum atomic E-state index is 9.24. The van der Waals surface area contributed by atoms with E-state index < -0.39 is 0 Å². The molecule has 0 saturated heterocycles. The molecule has 1 N–H and O–H groups in total. The molecule has 5 nitrogen and oxygen atoms in total. The fourth-order valence-corrected chi connectivity index (χ4v) is 3.79. The van der Waals surface area contributed by atoms with E-state index in [9.17, 15) is 5.26 Å². The first-order valence-electron chi connectivity index (χ1n) is 6.59. The molecule has 6 heteroatoms. The van der Waals surface area contributed by atoms with Crippen molar-refractivity contribution < 1.29 is 0 Å². The number of nitriles is 1. The van der Waals surface area contributed by atoms with Crippen molar-refractivity contribution in [1.29, 1.82) is 10.7 Å². The summed E-state index contributed by atoms with van der Waals surface area (Å²) in [6, 6.07) is 3.85. The molecule has 2 aromatic rings. The standard InChI is InChI=1S/C14H13N5S/c1-20-13-17-7-10-2-9(6-15)11(16)19(12(10)18-13)14-3-8(4-14)5-14/h2,7-8,16H,3-5H2,1H3. The summed E-state index contributed by atoms with van der Waals surface area (Å²) in [5.41, 5.74) is 1.54. The highest BCUT2D eigenvalue weighted by Gasteiger charge is 2.58. The molecule has 0 atom stereocenters. The van der Waals surface area contributed by atoms with Gasteiger partial charge in [-0.1, -0.05) is 11.8 Å². The molecule has 3 fully saturated rings. The number of rotatable bonds is 2. The molecule has 0 radical (unpaired) electrons. The zero-order valence-corrected chi connectivity index (χ0v) is 11.9. The Balaban J connectivity index is 2.09. The van der Waals surface area contributed by atoms with Crippen molar-refractivity contribution in [3.05, 3.63) is 23.3 Å². The molecule has 100 valence electrons. The highest BCUT2D eigenvalue weighted by Crippen LogP contribution is 2.62. The van der Waals surface area contributed by atoms with Crippen LogP contribution in [0.1, 0.15) is 24.8 Å². The monoisotopic (exact) mass is 283 g/mol. The van der Waals surface area contributed by atoms with E-state index in [0.717, 1.165) is 36.2 Å². The van der Waals surface area contributed by atoms with Crippen LogP contribution in [0.5, 0.6) is 0 Å². The van der Waals surface area contributed by atoms with Gasteiger partial charge in [-0.25, -0.2) is 9.97 Å². The third-order valence-electron chi connectivity index (χ3n) is 4.55. The predicted octanol–water partition coefficient (Wildman–Crippen LogP) is 2.01. The van der Waals surface area contributed by atoms with Gasteiger partial charge in [0.15, 0.2) is 5.16 Å². The Bertz CT molecular complexity index is 815. The van der Waals surface area contributed by atoms with Gasteiger partial charge in [-0.2, -0.15) is 5.26 Å². The van der Waals surface area contributed by atoms with Gasteiger partial charge in [-0.05, 0) is 37.5 Å². The Morgan fingerprint density at radius 2 is 2.25 bits per heavy atom. The molecule has 2 bridgehead atoms. The van der Waals surface area contributed by atoms with Crippen LogP contribution >= 0.6 is 11.8 Å². The summed E-state index contributed by atoms with van der Waals surface area (Å²) >= 11 is 1.50. The molecule has 0 unspecified atom stereocenters. The first kappa shape index (κ1) is 11.9. The Morgan fingerprint density at radius 1 is 1.50 bits per heavy atom. The Morgan fingerprint density at radius 3 is 2.80 bits per heavy atom. The first-order chi connectivity index (χ1) is 9.66. The average Bonchev–Trinajstić information content (AvgIpc) is 2.37. The first-order valence-corrected chi connectivity index (χ1v) is 7.81. The molecule has 3 aliphatic rings. The lowest BCUT2D eigenvalue weighted by Gasteiger charge is -2.62. The summed E-state index contributed by atoms with van der Waals surface area (Å²) in [6.07, 6.45) is 7.05. The summed E-state index contributed by atoms with van der Waals surface area (Å²) in [5.74, 6) is 0.810. The number of hydrogen-bond acceptors (Lipinski definition) is 5. The second-order valence-corrected chi connectivity index (χ2v) is 6.47. The maximum absolute atomic E-state index is 9.24. The lowest BCUT2D eigenvalue weighted by Crippen LogP contribution is -2.62. The summed E-state index contributed by atoms with van der Waals surface area (Å²) in [4.78, 5) is 8.87. The van der Waals surface area contributed by atoms with Crippen molar-refractivity contribution in [2.45, 2.75) is 30.0 Å². The van der Waals surface area contributed by atoms with Gasteiger partial charge >= 0.3 is 0 Å². The molecular formula is C14H13N5S. The third-order valence-corrected chi connectivity index (χ3v) is 5.11. The fraction of sp³-hybridized carbons (Fsp3) is 0.429. The lowest BCUT2D eigenvalue weighted by atomic mass is 9.49. The Labute approximate surface area is 120 Å². The van der Waals surface area contributed by atoms with Crippen molar-refractivity contribution in [1.82, 2.24) is 14.5 Å². The Kier molecular flexibility index (Phi) is 2.28. The van der Waals surface area contributed by atoms with E-state index in [0.29, 0.717) is 16.2 Å². The number of hydrogen-bond donors (Lipinski definition) is 1. The highest BCUT2D eigenvalue weighted by molar-refractivity contribution is 7.98. The lowest BCUT2D eigenvalue weighted by molar-refractivity contribution is -0.0892. The van der Waals surface area contributed by atoms with Crippen LogP contribution in [0, 0.1) is 22.7 Å². The maximum Gasteiger partial charge on any atom is 0.189 e. The van der Waals surface area contributed by atoms with Crippen LogP contribution in [0.4, 0.5) is 0 Å². The highest BCUT2D eigenvalue weighted by atomic mass is 32.2. The van der Waals surface area contributed by atoms with Gasteiger partial charge in [0.05, 0.1) is 5.56 Å². The van der Waals surface area contributed by atoms with Crippen molar-refractivity contribution in [2.24, 2.45) is 5.92 Å².